The fourth-order valence-electron chi connectivity index (χ4n) is 2.35. The third-order valence-electron chi connectivity index (χ3n) is 3.42. The van der Waals surface area contributed by atoms with Gasteiger partial charge in [-0.15, -0.1) is 0 Å². The third kappa shape index (κ3) is 2.99. The fraction of sp³-hybridized carbons (Fsp3) is 0.571. The lowest BCUT2D eigenvalue weighted by molar-refractivity contribution is -0.0593. The molecule has 3 heteroatoms. The van der Waals surface area contributed by atoms with Crippen LogP contribution in [0.25, 0.3) is 0 Å². The second kappa shape index (κ2) is 5.52. The van der Waals surface area contributed by atoms with Crippen molar-refractivity contribution in [2.24, 2.45) is 0 Å². The Bertz CT molecular complexity index is 367. The van der Waals surface area contributed by atoms with Crippen molar-refractivity contribution in [2.45, 2.75) is 39.0 Å². The molecule has 3 nitrogen and oxygen atoms in total. The molecule has 1 fully saturated rings. The lowest BCUT2D eigenvalue weighted by atomic mass is 10.1. The summed E-state index contributed by atoms with van der Waals surface area (Å²) in [6, 6.07) is 8.03. The molecule has 1 heterocycles. The van der Waals surface area contributed by atoms with Crippen molar-refractivity contribution in [2.75, 3.05) is 13.2 Å². The Morgan fingerprint density at radius 3 is 2.88 bits per heavy atom. The van der Waals surface area contributed by atoms with Crippen LogP contribution >= 0.6 is 0 Å². The topological polar surface area (TPSA) is 32.7 Å². The molecule has 0 bridgehead atoms. The van der Waals surface area contributed by atoms with Gasteiger partial charge in [-0.3, -0.25) is 4.90 Å². The molecule has 0 aliphatic carbocycles. The fourth-order valence-corrected chi connectivity index (χ4v) is 2.35. The highest BCUT2D eigenvalue weighted by Gasteiger charge is 2.25. The van der Waals surface area contributed by atoms with Gasteiger partial charge >= 0.3 is 0 Å². The first kappa shape index (κ1) is 12.4. The maximum Gasteiger partial charge on any atom is 0.120 e. The summed E-state index contributed by atoms with van der Waals surface area (Å²) < 4.78 is 5.68. The Hall–Kier alpha value is -1.06. The van der Waals surface area contributed by atoms with Crippen molar-refractivity contribution in [3.05, 3.63) is 29.8 Å². The van der Waals surface area contributed by atoms with Crippen LogP contribution in [0.5, 0.6) is 5.75 Å². The van der Waals surface area contributed by atoms with Gasteiger partial charge in [0, 0.05) is 24.7 Å². The van der Waals surface area contributed by atoms with Crippen molar-refractivity contribution in [3.8, 4) is 5.75 Å². The van der Waals surface area contributed by atoms with E-state index in [1.54, 1.807) is 6.07 Å². The molecule has 0 spiro atoms. The zero-order valence-corrected chi connectivity index (χ0v) is 10.6. The Morgan fingerprint density at radius 1 is 1.41 bits per heavy atom. The second-order valence-corrected chi connectivity index (χ2v) is 4.76. The number of phenolic OH excluding ortho intramolecular Hbond substituents is 1. The SMILES string of the molecule is CCC1COC(C)CN1Cc1ccccc1O. The molecule has 1 saturated heterocycles. The van der Waals surface area contributed by atoms with Crippen molar-refractivity contribution >= 4 is 0 Å². The smallest absolute Gasteiger partial charge is 0.120 e. The summed E-state index contributed by atoms with van der Waals surface area (Å²) in [6.45, 7) is 6.82. The number of rotatable bonds is 3. The Kier molecular flexibility index (Phi) is 4.02. The minimum absolute atomic E-state index is 0.281. The van der Waals surface area contributed by atoms with Gasteiger partial charge in [-0.2, -0.15) is 0 Å². The van der Waals surface area contributed by atoms with Gasteiger partial charge in [0.15, 0.2) is 0 Å². The van der Waals surface area contributed by atoms with Crippen LogP contribution in [0.3, 0.4) is 0 Å². The number of para-hydroxylation sites is 1. The highest BCUT2D eigenvalue weighted by Crippen LogP contribution is 2.22. The summed E-state index contributed by atoms with van der Waals surface area (Å²) in [4.78, 5) is 2.41. The van der Waals surface area contributed by atoms with Crippen molar-refractivity contribution < 1.29 is 9.84 Å². The van der Waals surface area contributed by atoms with E-state index in [4.69, 9.17) is 4.74 Å². The van der Waals surface area contributed by atoms with Crippen LogP contribution in [0.1, 0.15) is 25.8 Å². The van der Waals surface area contributed by atoms with Gasteiger partial charge in [0.1, 0.15) is 5.75 Å². The summed E-state index contributed by atoms with van der Waals surface area (Å²) in [5.41, 5.74) is 1.00. The predicted molar refractivity (Wildman–Crippen MR) is 68.0 cm³/mol. The number of benzene rings is 1. The standard InChI is InChI=1S/C14H21NO2/c1-3-13-10-17-11(2)8-15(13)9-12-6-4-5-7-14(12)16/h4-7,11,13,16H,3,8-10H2,1-2H3. The molecule has 1 N–H and O–H groups in total. The van der Waals surface area contributed by atoms with Crippen LogP contribution < -0.4 is 0 Å². The normalized spacial score (nSPS) is 26.0. The van der Waals surface area contributed by atoms with E-state index in [1.165, 1.54) is 0 Å². The largest absolute Gasteiger partial charge is 0.508 e. The Morgan fingerprint density at radius 2 is 2.18 bits per heavy atom. The number of hydrogen-bond acceptors (Lipinski definition) is 3. The number of ether oxygens (including phenoxy) is 1. The van der Waals surface area contributed by atoms with Crippen LogP contribution in [0.4, 0.5) is 0 Å². The molecule has 0 saturated carbocycles. The molecule has 94 valence electrons. The van der Waals surface area contributed by atoms with Gasteiger partial charge < -0.3 is 9.84 Å². The molecule has 1 aromatic rings. The number of nitrogens with zero attached hydrogens (tertiary/aromatic N) is 1. The van der Waals surface area contributed by atoms with Gasteiger partial charge in [0.2, 0.25) is 0 Å². The first-order valence-electron chi connectivity index (χ1n) is 6.33. The van der Waals surface area contributed by atoms with E-state index >= 15 is 0 Å². The Labute approximate surface area is 103 Å². The molecule has 1 aromatic carbocycles. The van der Waals surface area contributed by atoms with Gasteiger partial charge in [-0.25, -0.2) is 0 Å². The molecule has 1 aliphatic heterocycles. The number of phenols is 1. The van der Waals surface area contributed by atoms with Crippen LogP contribution in [0.2, 0.25) is 0 Å². The molecule has 17 heavy (non-hydrogen) atoms. The number of aromatic hydroxyl groups is 1. The van der Waals surface area contributed by atoms with Gasteiger partial charge in [0.05, 0.1) is 12.7 Å². The summed E-state index contributed by atoms with van der Waals surface area (Å²) in [7, 11) is 0. The zero-order valence-electron chi connectivity index (χ0n) is 10.6. The summed E-state index contributed by atoms with van der Waals surface area (Å²) >= 11 is 0. The molecule has 1 aliphatic rings. The zero-order chi connectivity index (χ0) is 12.3. The van der Waals surface area contributed by atoms with Gasteiger partial charge in [-0.05, 0) is 19.4 Å². The monoisotopic (exact) mass is 235 g/mol. The van der Waals surface area contributed by atoms with E-state index in [2.05, 4.69) is 18.7 Å². The first-order valence-corrected chi connectivity index (χ1v) is 6.33. The highest BCUT2D eigenvalue weighted by molar-refractivity contribution is 5.31. The number of morpholine rings is 1. The molecule has 0 aromatic heterocycles. The van der Waals surface area contributed by atoms with Crippen LogP contribution in [-0.2, 0) is 11.3 Å². The molecule has 0 amide bonds. The maximum absolute atomic E-state index is 9.81. The summed E-state index contributed by atoms with van der Waals surface area (Å²) in [6.07, 6.45) is 1.36. The third-order valence-corrected chi connectivity index (χ3v) is 3.42. The van der Waals surface area contributed by atoms with E-state index in [0.717, 1.165) is 31.7 Å². The first-order chi connectivity index (χ1) is 8.20. The maximum atomic E-state index is 9.81. The minimum Gasteiger partial charge on any atom is -0.508 e. The van der Waals surface area contributed by atoms with E-state index in [0.29, 0.717) is 11.8 Å². The Balaban J connectivity index is 2.07. The van der Waals surface area contributed by atoms with Crippen LogP contribution in [-0.4, -0.2) is 35.3 Å². The molecule has 2 unspecified atom stereocenters. The van der Waals surface area contributed by atoms with E-state index in [1.807, 2.05) is 18.2 Å². The van der Waals surface area contributed by atoms with Crippen LogP contribution in [0.15, 0.2) is 24.3 Å². The van der Waals surface area contributed by atoms with Gasteiger partial charge in [0.25, 0.3) is 0 Å². The quantitative estimate of drug-likeness (QED) is 0.873. The molecular formula is C14H21NO2. The lowest BCUT2D eigenvalue weighted by Crippen LogP contribution is -2.47. The second-order valence-electron chi connectivity index (χ2n) is 4.76. The van der Waals surface area contributed by atoms with Crippen LogP contribution in [0, 0.1) is 0 Å². The molecule has 0 radical (unpaired) electrons. The molecular weight excluding hydrogens is 214 g/mol. The highest BCUT2D eigenvalue weighted by atomic mass is 16.5. The molecule has 2 atom stereocenters. The predicted octanol–water partition coefficient (Wildman–Crippen LogP) is 2.39. The van der Waals surface area contributed by atoms with Crippen molar-refractivity contribution in [1.29, 1.82) is 0 Å². The summed E-state index contributed by atoms with van der Waals surface area (Å²) in [5, 5.41) is 9.81. The van der Waals surface area contributed by atoms with E-state index in [-0.39, 0.29) is 6.10 Å². The average molecular weight is 235 g/mol. The van der Waals surface area contributed by atoms with Crippen molar-refractivity contribution in [3.63, 3.8) is 0 Å². The van der Waals surface area contributed by atoms with E-state index in [9.17, 15) is 5.11 Å². The van der Waals surface area contributed by atoms with E-state index < -0.39 is 0 Å². The summed E-state index contributed by atoms with van der Waals surface area (Å²) in [5.74, 6) is 0.390. The average Bonchev–Trinajstić information content (AvgIpc) is 2.32. The lowest BCUT2D eigenvalue weighted by Gasteiger charge is -2.38. The van der Waals surface area contributed by atoms with Gasteiger partial charge in [-0.1, -0.05) is 25.1 Å². The number of hydrogen-bond donors (Lipinski definition) is 1. The van der Waals surface area contributed by atoms with Crippen molar-refractivity contribution in [1.82, 2.24) is 4.90 Å². The minimum atomic E-state index is 0.281. The molecule has 2 rings (SSSR count).